The van der Waals surface area contributed by atoms with Crippen molar-refractivity contribution in [1.29, 1.82) is 0 Å². The van der Waals surface area contributed by atoms with Gasteiger partial charge in [-0.2, -0.15) is 13.2 Å². The Balaban J connectivity index is 0.000000405. The Morgan fingerprint density at radius 1 is 1.00 bits per heavy atom. The summed E-state index contributed by atoms with van der Waals surface area (Å²) in [5, 5.41) is 26.7. The SMILES string of the molecule is O=C(O)C(F)(F)F.O=C(O)c1cccc(CN2CC3(CN(Cc4cccnc4)C[C@@H]4C[C@@H](O)CN43)C2)c1. The Morgan fingerprint density at radius 3 is 2.27 bits per heavy atom. The number of aromatic carboxylic acids is 1. The van der Waals surface area contributed by atoms with Crippen LogP contribution in [0.5, 0.6) is 0 Å². The maximum Gasteiger partial charge on any atom is 0.490 e. The third-order valence-corrected chi connectivity index (χ3v) is 6.98. The van der Waals surface area contributed by atoms with Gasteiger partial charge in [-0.3, -0.25) is 19.7 Å². The van der Waals surface area contributed by atoms with Gasteiger partial charge in [-0.25, -0.2) is 9.59 Å². The predicted octanol–water partition coefficient (Wildman–Crippen LogP) is 1.92. The third-order valence-electron chi connectivity index (χ3n) is 6.98. The summed E-state index contributed by atoms with van der Waals surface area (Å²) in [6, 6.07) is 11.7. The molecule has 3 aliphatic heterocycles. The van der Waals surface area contributed by atoms with E-state index in [0.29, 0.717) is 11.6 Å². The lowest BCUT2D eigenvalue weighted by molar-refractivity contribution is -0.192. The molecule has 12 heteroatoms. The summed E-state index contributed by atoms with van der Waals surface area (Å²) in [7, 11) is 0. The smallest absolute Gasteiger partial charge is 0.478 e. The molecule has 0 saturated carbocycles. The summed E-state index contributed by atoms with van der Waals surface area (Å²) in [4.78, 5) is 31.8. The van der Waals surface area contributed by atoms with Crippen LogP contribution in [0.4, 0.5) is 13.2 Å². The molecule has 2 aromatic rings. The Morgan fingerprint density at radius 2 is 1.65 bits per heavy atom. The third kappa shape index (κ3) is 6.45. The number of fused-ring (bicyclic) bond motifs is 2. The van der Waals surface area contributed by atoms with E-state index in [1.807, 2.05) is 24.4 Å². The summed E-state index contributed by atoms with van der Waals surface area (Å²) in [5.41, 5.74) is 2.66. The topological polar surface area (TPSA) is 117 Å². The molecule has 3 aliphatic rings. The molecular weight excluding hydrogens is 493 g/mol. The number of rotatable bonds is 5. The first-order valence-corrected chi connectivity index (χ1v) is 11.9. The van der Waals surface area contributed by atoms with E-state index in [9.17, 15) is 28.2 Å². The second kappa shape index (κ2) is 10.7. The van der Waals surface area contributed by atoms with Gasteiger partial charge in [0.1, 0.15) is 0 Å². The summed E-state index contributed by atoms with van der Waals surface area (Å²) < 4.78 is 31.7. The highest BCUT2D eigenvalue weighted by atomic mass is 19.4. The number of halogens is 3. The van der Waals surface area contributed by atoms with E-state index in [2.05, 4.69) is 25.8 Å². The highest BCUT2D eigenvalue weighted by molar-refractivity contribution is 5.87. The molecule has 1 aromatic carbocycles. The quantitative estimate of drug-likeness (QED) is 0.541. The van der Waals surface area contributed by atoms with Crippen molar-refractivity contribution in [2.24, 2.45) is 0 Å². The molecule has 0 amide bonds. The van der Waals surface area contributed by atoms with Crippen LogP contribution in [-0.2, 0) is 17.9 Å². The highest BCUT2D eigenvalue weighted by Crippen LogP contribution is 2.39. The molecule has 0 unspecified atom stereocenters. The molecule has 1 spiro atoms. The van der Waals surface area contributed by atoms with Crippen molar-refractivity contribution in [2.45, 2.75) is 43.4 Å². The summed E-state index contributed by atoms with van der Waals surface area (Å²) >= 11 is 0. The average Bonchev–Trinajstić information content (AvgIpc) is 3.19. The number of piperazine rings is 1. The van der Waals surface area contributed by atoms with Crippen molar-refractivity contribution < 1.29 is 38.1 Å². The molecule has 0 aliphatic carbocycles. The van der Waals surface area contributed by atoms with Crippen molar-refractivity contribution in [3.8, 4) is 0 Å². The Kier molecular flexibility index (Phi) is 7.83. The molecule has 1 aromatic heterocycles. The van der Waals surface area contributed by atoms with Crippen LogP contribution in [0.2, 0.25) is 0 Å². The number of β-amino-alcohol motifs (C(OH)–C–C–N with tert-alkyl or cyclic N) is 1. The first kappa shape index (κ1) is 27.0. The fourth-order valence-electron chi connectivity index (χ4n) is 5.63. The van der Waals surface area contributed by atoms with Crippen LogP contribution in [0.15, 0.2) is 48.8 Å². The Bertz CT molecular complexity index is 1110. The van der Waals surface area contributed by atoms with E-state index >= 15 is 0 Å². The molecule has 3 fully saturated rings. The number of carbonyl (C=O) groups is 2. The van der Waals surface area contributed by atoms with Gasteiger partial charge < -0.3 is 15.3 Å². The lowest BCUT2D eigenvalue weighted by Gasteiger charge is -2.61. The van der Waals surface area contributed by atoms with E-state index in [1.165, 1.54) is 5.56 Å². The molecule has 2 atom stereocenters. The Labute approximate surface area is 211 Å². The van der Waals surface area contributed by atoms with Gasteiger partial charge in [0, 0.05) is 64.2 Å². The lowest BCUT2D eigenvalue weighted by Crippen LogP contribution is -2.77. The van der Waals surface area contributed by atoms with Crippen molar-refractivity contribution >= 4 is 11.9 Å². The second-order valence-corrected chi connectivity index (χ2v) is 9.90. The number of aliphatic hydroxyl groups is 1. The number of hydrogen-bond acceptors (Lipinski definition) is 7. The van der Waals surface area contributed by atoms with Gasteiger partial charge in [0.25, 0.3) is 0 Å². The Hall–Kier alpha value is -3.06. The molecule has 5 rings (SSSR count). The number of carboxylic acid groups (broad SMARTS) is 2. The number of aromatic nitrogens is 1. The van der Waals surface area contributed by atoms with Gasteiger partial charge in [-0.1, -0.05) is 18.2 Å². The van der Waals surface area contributed by atoms with Gasteiger partial charge in [0.2, 0.25) is 0 Å². The zero-order chi connectivity index (χ0) is 26.8. The lowest BCUT2D eigenvalue weighted by atomic mass is 9.83. The van der Waals surface area contributed by atoms with E-state index in [0.717, 1.165) is 57.8 Å². The van der Waals surface area contributed by atoms with Crippen molar-refractivity contribution in [3.63, 3.8) is 0 Å². The van der Waals surface area contributed by atoms with Crippen LogP contribution < -0.4 is 0 Å². The van der Waals surface area contributed by atoms with Gasteiger partial charge >= 0.3 is 18.1 Å². The minimum absolute atomic E-state index is 0.0625. The van der Waals surface area contributed by atoms with Crippen molar-refractivity contribution in [1.82, 2.24) is 19.7 Å². The van der Waals surface area contributed by atoms with E-state index in [-0.39, 0.29) is 11.6 Å². The molecule has 0 radical (unpaired) electrons. The number of nitrogens with zero attached hydrogens (tertiary/aromatic N) is 4. The molecule has 3 saturated heterocycles. The zero-order valence-corrected chi connectivity index (χ0v) is 20.0. The molecule has 9 nitrogen and oxygen atoms in total. The van der Waals surface area contributed by atoms with Gasteiger partial charge in [0.05, 0.1) is 17.2 Å². The number of carboxylic acids is 2. The average molecular weight is 523 g/mol. The number of alkyl halides is 3. The maximum absolute atomic E-state index is 11.3. The molecule has 200 valence electrons. The van der Waals surface area contributed by atoms with Gasteiger partial charge in [0.15, 0.2) is 0 Å². The normalized spacial score (nSPS) is 23.6. The first-order valence-electron chi connectivity index (χ1n) is 11.9. The van der Waals surface area contributed by atoms with Crippen LogP contribution in [0.3, 0.4) is 0 Å². The number of pyridine rings is 1. The summed E-state index contributed by atoms with van der Waals surface area (Å²) in [6.45, 7) is 6.25. The van der Waals surface area contributed by atoms with Crippen LogP contribution in [0.1, 0.15) is 27.9 Å². The van der Waals surface area contributed by atoms with Crippen LogP contribution in [0.25, 0.3) is 0 Å². The van der Waals surface area contributed by atoms with E-state index in [1.54, 1.807) is 18.3 Å². The minimum Gasteiger partial charge on any atom is -0.478 e. The maximum atomic E-state index is 11.3. The van der Waals surface area contributed by atoms with Crippen LogP contribution in [-0.4, -0.2) is 104 Å². The molecule has 3 N–H and O–H groups in total. The van der Waals surface area contributed by atoms with Crippen molar-refractivity contribution in [3.05, 3.63) is 65.5 Å². The first-order chi connectivity index (χ1) is 17.4. The number of hydrogen-bond donors (Lipinski definition) is 3. The fourth-order valence-corrected chi connectivity index (χ4v) is 5.63. The monoisotopic (exact) mass is 522 g/mol. The van der Waals surface area contributed by atoms with Gasteiger partial charge in [-0.05, 0) is 35.7 Å². The molecule has 4 heterocycles. The van der Waals surface area contributed by atoms with Crippen LogP contribution in [0, 0.1) is 0 Å². The number of benzene rings is 1. The highest BCUT2D eigenvalue weighted by Gasteiger charge is 2.55. The predicted molar refractivity (Wildman–Crippen MR) is 126 cm³/mol. The summed E-state index contributed by atoms with van der Waals surface area (Å²) in [5.74, 6) is -3.64. The molecule has 37 heavy (non-hydrogen) atoms. The second-order valence-electron chi connectivity index (χ2n) is 9.90. The molecule has 0 bridgehead atoms. The van der Waals surface area contributed by atoms with Gasteiger partial charge in [-0.15, -0.1) is 0 Å². The minimum atomic E-state index is -5.08. The van der Waals surface area contributed by atoms with Crippen LogP contribution >= 0.6 is 0 Å². The standard InChI is InChI=1S/C23H28N4O3.C2HF3O2/c28-21-8-20-12-25(11-18-4-2-6-24-9-18)14-23(27(20)13-21)15-26(16-23)10-17-3-1-5-19(7-17)22(29)30;3-2(4,5)1(6)7/h1-7,9,20-21,28H,8,10-16H2,(H,29,30);(H,6,7)/t20-,21+;/m0./s1. The zero-order valence-electron chi connectivity index (χ0n) is 20.0. The number of likely N-dealkylation sites (tertiary alicyclic amines) is 1. The number of aliphatic carboxylic acids is 1. The summed E-state index contributed by atoms with van der Waals surface area (Å²) in [6.07, 6.45) is -0.748. The van der Waals surface area contributed by atoms with Crippen molar-refractivity contribution in [2.75, 3.05) is 32.7 Å². The van der Waals surface area contributed by atoms with E-state index < -0.39 is 18.1 Å². The molecular formula is C25H29F3N4O5. The number of aliphatic hydroxyl groups excluding tert-OH is 1. The van der Waals surface area contributed by atoms with E-state index in [4.69, 9.17) is 9.90 Å². The largest absolute Gasteiger partial charge is 0.490 e. The fraction of sp³-hybridized carbons (Fsp3) is 0.480.